The molecule has 0 heterocycles. The summed E-state index contributed by atoms with van der Waals surface area (Å²) in [5.41, 5.74) is 0. The Morgan fingerprint density at radius 3 is 1.50 bits per heavy atom. The standard InChI is InChI=1S/C8H14F6OSi/c9-7(10,11)3-1-6(5-15-16)2-4-8(12,13)14/h6H,1-5H2,16H3. The second-order valence-electron chi connectivity index (χ2n) is 3.63. The molecule has 0 bridgehead atoms. The Labute approximate surface area is 92.7 Å². The van der Waals surface area contributed by atoms with E-state index in [1.807, 2.05) is 0 Å². The van der Waals surface area contributed by atoms with Gasteiger partial charge in [0.1, 0.15) is 10.5 Å². The Kier molecular flexibility index (Phi) is 6.38. The fourth-order valence-electron chi connectivity index (χ4n) is 1.28. The largest absolute Gasteiger partial charge is 0.428 e. The van der Waals surface area contributed by atoms with Crippen LogP contribution in [0, 0.1) is 5.92 Å². The molecule has 0 spiro atoms. The van der Waals surface area contributed by atoms with Gasteiger partial charge < -0.3 is 4.43 Å². The summed E-state index contributed by atoms with van der Waals surface area (Å²) < 4.78 is 76.0. The molecule has 0 aliphatic carbocycles. The molecular weight excluding hydrogens is 254 g/mol. The van der Waals surface area contributed by atoms with Crippen LogP contribution in [0.15, 0.2) is 0 Å². The second kappa shape index (κ2) is 6.48. The van der Waals surface area contributed by atoms with E-state index in [2.05, 4.69) is 0 Å². The van der Waals surface area contributed by atoms with Gasteiger partial charge in [0.2, 0.25) is 0 Å². The van der Waals surface area contributed by atoms with Crippen LogP contribution < -0.4 is 0 Å². The average Bonchev–Trinajstić information content (AvgIpc) is 2.07. The molecule has 0 aliphatic rings. The summed E-state index contributed by atoms with van der Waals surface area (Å²) in [5, 5.41) is 0. The third-order valence-electron chi connectivity index (χ3n) is 2.07. The zero-order valence-corrected chi connectivity index (χ0v) is 10.8. The Morgan fingerprint density at radius 1 is 0.875 bits per heavy atom. The van der Waals surface area contributed by atoms with Crippen molar-refractivity contribution in [1.82, 2.24) is 0 Å². The van der Waals surface area contributed by atoms with E-state index >= 15 is 0 Å². The molecule has 98 valence electrons. The lowest BCUT2D eigenvalue weighted by molar-refractivity contribution is -0.144. The highest BCUT2D eigenvalue weighted by Gasteiger charge is 2.31. The molecule has 0 aromatic heterocycles. The molecule has 0 aliphatic heterocycles. The van der Waals surface area contributed by atoms with Gasteiger partial charge >= 0.3 is 12.4 Å². The van der Waals surface area contributed by atoms with Crippen LogP contribution in [0.25, 0.3) is 0 Å². The lowest BCUT2D eigenvalue weighted by Gasteiger charge is -2.18. The highest BCUT2D eigenvalue weighted by molar-refractivity contribution is 5.97. The summed E-state index contributed by atoms with van der Waals surface area (Å²) in [4.78, 5) is 0. The van der Waals surface area contributed by atoms with Crippen molar-refractivity contribution in [3.05, 3.63) is 0 Å². The summed E-state index contributed by atoms with van der Waals surface area (Å²) in [6, 6.07) is 0. The number of halogens is 6. The van der Waals surface area contributed by atoms with Crippen LogP contribution in [0.3, 0.4) is 0 Å². The minimum absolute atomic E-state index is 0.0155. The zero-order valence-electron chi connectivity index (χ0n) is 8.79. The van der Waals surface area contributed by atoms with Gasteiger partial charge in [-0.05, 0) is 18.8 Å². The maximum Gasteiger partial charge on any atom is 0.389 e. The van der Waals surface area contributed by atoms with Gasteiger partial charge in [0.25, 0.3) is 0 Å². The Bertz CT molecular complexity index is 172. The Morgan fingerprint density at radius 2 is 1.25 bits per heavy atom. The maximum atomic E-state index is 11.9. The van der Waals surface area contributed by atoms with Crippen LogP contribution in [0.1, 0.15) is 25.7 Å². The summed E-state index contributed by atoms with van der Waals surface area (Å²) in [7, 11) is 0.317. The molecule has 0 saturated carbocycles. The molecular formula is C8H14F6OSi. The average molecular weight is 268 g/mol. The third kappa shape index (κ3) is 10.3. The molecule has 0 aromatic carbocycles. The van der Waals surface area contributed by atoms with Gasteiger partial charge in [-0.1, -0.05) is 0 Å². The minimum atomic E-state index is -4.32. The first kappa shape index (κ1) is 15.8. The fraction of sp³-hybridized carbons (Fsp3) is 1.00. The monoisotopic (exact) mass is 268 g/mol. The second-order valence-corrected chi connectivity index (χ2v) is 4.21. The molecule has 8 heteroatoms. The van der Waals surface area contributed by atoms with Crippen LogP contribution in [-0.2, 0) is 4.43 Å². The van der Waals surface area contributed by atoms with E-state index in [0.29, 0.717) is 10.5 Å². The first-order chi connectivity index (χ1) is 7.14. The van der Waals surface area contributed by atoms with Gasteiger partial charge in [-0.2, -0.15) is 26.3 Å². The van der Waals surface area contributed by atoms with Crippen LogP contribution in [-0.4, -0.2) is 29.4 Å². The van der Waals surface area contributed by atoms with Crippen molar-refractivity contribution >= 4 is 10.5 Å². The molecule has 0 N–H and O–H groups in total. The van der Waals surface area contributed by atoms with Crippen LogP contribution in [0.5, 0.6) is 0 Å². The quantitative estimate of drug-likeness (QED) is 0.531. The molecule has 16 heavy (non-hydrogen) atoms. The highest BCUT2D eigenvalue weighted by atomic mass is 28.2. The molecule has 1 nitrogen and oxygen atoms in total. The van der Waals surface area contributed by atoms with E-state index in [-0.39, 0.29) is 19.4 Å². The number of alkyl halides is 6. The van der Waals surface area contributed by atoms with Gasteiger partial charge in [-0.3, -0.25) is 0 Å². The highest BCUT2D eigenvalue weighted by Crippen LogP contribution is 2.29. The zero-order chi connectivity index (χ0) is 12.8. The van der Waals surface area contributed by atoms with Gasteiger partial charge in [-0.15, -0.1) is 0 Å². The van der Waals surface area contributed by atoms with E-state index < -0.39 is 31.1 Å². The summed E-state index contributed by atoms with van der Waals surface area (Å²) in [5.74, 6) is -0.666. The first-order valence-electron chi connectivity index (χ1n) is 4.76. The lowest BCUT2D eigenvalue weighted by Crippen LogP contribution is -2.17. The Balaban J connectivity index is 3.98. The number of hydrogen-bond donors (Lipinski definition) is 0. The molecule has 0 radical (unpaired) electrons. The molecule has 0 atom stereocenters. The van der Waals surface area contributed by atoms with Crippen molar-refractivity contribution in [2.45, 2.75) is 38.0 Å². The number of rotatable bonds is 6. The van der Waals surface area contributed by atoms with Crippen molar-refractivity contribution in [2.75, 3.05) is 6.61 Å². The predicted molar refractivity (Wildman–Crippen MR) is 50.0 cm³/mol. The first-order valence-corrected chi connectivity index (χ1v) is 5.58. The molecule has 0 fully saturated rings. The van der Waals surface area contributed by atoms with E-state index in [1.165, 1.54) is 0 Å². The Hall–Kier alpha value is -0.243. The van der Waals surface area contributed by atoms with E-state index in [0.717, 1.165) is 0 Å². The maximum absolute atomic E-state index is 11.9. The van der Waals surface area contributed by atoms with Crippen molar-refractivity contribution in [3.8, 4) is 0 Å². The summed E-state index contributed by atoms with van der Waals surface area (Å²) in [6.45, 7) is -0.0155. The van der Waals surface area contributed by atoms with E-state index in [4.69, 9.17) is 4.43 Å². The van der Waals surface area contributed by atoms with Crippen LogP contribution >= 0.6 is 0 Å². The van der Waals surface area contributed by atoms with Crippen molar-refractivity contribution in [2.24, 2.45) is 5.92 Å². The van der Waals surface area contributed by atoms with Crippen LogP contribution in [0.4, 0.5) is 26.3 Å². The summed E-state index contributed by atoms with van der Waals surface area (Å²) >= 11 is 0. The van der Waals surface area contributed by atoms with E-state index in [9.17, 15) is 26.3 Å². The third-order valence-corrected chi connectivity index (χ3v) is 2.41. The lowest BCUT2D eigenvalue weighted by atomic mass is 9.98. The van der Waals surface area contributed by atoms with Gasteiger partial charge in [-0.25, -0.2) is 0 Å². The van der Waals surface area contributed by atoms with Gasteiger partial charge in [0, 0.05) is 19.4 Å². The predicted octanol–water partition coefficient (Wildman–Crippen LogP) is 2.58. The molecule has 0 unspecified atom stereocenters. The van der Waals surface area contributed by atoms with Gasteiger partial charge in [0.15, 0.2) is 0 Å². The van der Waals surface area contributed by atoms with Crippen molar-refractivity contribution < 1.29 is 30.8 Å². The van der Waals surface area contributed by atoms with Crippen molar-refractivity contribution in [3.63, 3.8) is 0 Å². The normalized spacial score (nSPS) is 13.7. The van der Waals surface area contributed by atoms with Crippen LogP contribution in [0.2, 0.25) is 0 Å². The minimum Gasteiger partial charge on any atom is -0.428 e. The number of hydrogen-bond acceptors (Lipinski definition) is 1. The molecule has 0 rings (SSSR count). The SMILES string of the molecule is FC(F)(F)CCC(CCC(F)(F)F)CO[SiH3]. The molecule has 0 amide bonds. The smallest absolute Gasteiger partial charge is 0.389 e. The van der Waals surface area contributed by atoms with Gasteiger partial charge in [0.05, 0.1) is 0 Å². The fourth-order valence-corrected chi connectivity index (χ4v) is 1.75. The summed E-state index contributed by atoms with van der Waals surface area (Å²) in [6.07, 6.45) is -11.4. The van der Waals surface area contributed by atoms with Crippen molar-refractivity contribution in [1.29, 1.82) is 0 Å². The van der Waals surface area contributed by atoms with E-state index in [1.54, 1.807) is 0 Å². The molecule has 0 aromatic rings. The topological polar surface area (TPSA) is 9.23 Å². The molecule has 0 saturated heterocycles.